The average molecular weight is 383 g/mol. The molecular weight excluding hydrogens is 352 g/mol. The van der Waals surface area contributed by atoms with Gasteiger partial charge >= 0.3 is 0 Å². The summed E-state index contributed by atoms with van der Waals surface area (Å²) >= 11 is 0. The quantitative estimate of drug-likeness (QED) is 0.852. The molecule has 1 aromatic heterocycles. The third kappa shape index (κ3) is 4.62. The van der Waals surface area contributed by atoms with Crippen LogP contribution in [0.25, 0.3) is 0 Å². The van der Waals surface area contributed by atoms with Gasteiger partial charge in [0.05, 0.1) is 0 Å². The van der Waals surface area contributed by atoms with Crippen LogP contribution < -0.4 is 15.8 Å². The van der Waals surface area contributed by atoms with E-state index in [2.05, 4.69) is 20.1 Å². The Labute approximate surface area is 166 Å². The van der Waals surface area contributed by atoms with Gasteiger partial charge in [0.1, 0.15) is 5.56 Å². The summed E-state index contributed by atoms with van der Waals surface area (Å²) in [5.41, 5.74) is 2.32. The first kappa shape index (κ1) is 20.1. The van der Waals surface area contributed by atoms with E-state index >= 15 is 0 Å². The molecule has 28 heavy (non-hydrogen) atoms. The number of aromatic amines is 1. The number of carbonyl (C=O) groups is 1. The molecule has 1 aromatic carbocycles. The Hall–Kier alpha value is -2.60. The molecule has 0 spiro atoms. The fourth-order valence-electron chi connectivity index (χ4n) is 3.59. The Morgan fingerprint density at radius 3 is 2.25 bits per heavy atom. The summed E-state index contributed by atoms with van der Waals surface area (Å²) in [6.45, 7) is 10.1. The number of piperazine rings is 1. The average Bonchev–Trinajstić information content (AvgIpc) is 3.56. The molecule has 1 saturated carbocycles. The lowest BCUT2D eigenvalue weighted by atomic mass is 10.1. The van der Waals surface area contributed by atoms with E-state index in [0.29, 0.717) is 11.3 Å². The molecule has 2 heterocycles. The molecule has 6 heteroatoms. The molecule has 4 rings (SSSR count). The van der Waals surface area contributed by atoms with Crippen molar-refractivity contribution < 1.29 is 4.79 Å². The number of hydrogen-bond donors (Lipinski definition) is 2. The van der Waals surface area contributed by atoms with E-state index in [4.69, 9.17) is 0 Å². The molecule has 1 saturated heterocycles. The summed E-state index contributed by atoms with van der Waals surface area (Å²) in [7, 11) is 0. The summed E-state index contributed by atoms with van der Waals surface area (Å²) in [4.78, 5) is 31.8. The zero-order valence-electron chi connectivity index (χ0n) is 17.0. The number of rotatable bonds is 4. The van der Waals surface area contributed by atoms with Crippen LogP contribution in [0.1, 0.15) is 42.6 Å². The maximum atomic E-state index is 12.4. The monoisotopic (exact) mass is 382 g/mol. The van der Waals surface area contributed by atoms with Crippen LogP contribution in [0.2, 0.25) is 0 Å². The second-order valence-electron chi connectivity index (χ2n) is 7.12. The highest BCUT2D eigenvalue weighted by atomic mass is 16.2. The lowest BCUT2D eigenvalue weighted by Gasteiger charge is -2.36. The zero-order chi connectivity index (χ0) is 20.1. The number of nitrogens with zero attached hydrogens (tertiary/aromatic N) is 2. The van der Waals surface area contributed by atoms with Crippen molar-refractivity contribution in [3.63, 3.8) is 0 Å². The molecule has 2 aliphatic rings. The number of benzene rings is 1. The summed E-state index contributed by atoms with van der Waals surface area (Å²) in [6.07, 6.45) is 4.27. The number of amides is 1. The summed E-state index contributed by atoms with van der Waals surface area (Å²) in [5.74, 6) is -0.379. The fourth-order valence-corrected chi connectivity index (χ4v) is 3.59. The van der Waals surface area contributed by atoms with E-state index in [9.17, 15) is 9.59 Å². The van der Waals surface area contributed by atoms with Gasteiger partial charge in [0.15, 0.2) is 0 Å². The second kappa shape index (κ2) is 9.06. The molecule has 0 radical (unpaired) electrons. The number of aromatic nitrogens is 1. The van der Waals surface area contributed by atoms with Crippen molar-refractivity contribution in [1.29, 1.82) is 0 Å². The van der Waals surface area contributed by atoms with Crippen molar-refractivity contribution in [3.8, 4) is 0 Å². The number of H-pyrrole nitrogens is 1. The van der Waals surface area contributed by atoms with E-state index < -0.39 is 0 Å². The van der Waals surface area contributed by atoms with Gasteiger partial charge < -0.3 is 15.2 Å². The maximum Gasteiger partial charge on any atom is 0.261 e. The summed E-state index contributed by atoms with van der Waals surface area (Å²) in [5, 5.41) is 2.81. The van der Waals surface area contributed by atoms with Crippen molar-refractivity contribution in [2.24, 2.45) is 0 Å². The molecule has 2 aromatic rings. The van der Waals surface area contributed by atoms with Crippen LogP contribution in [-0.4, -0.2) is 48.0 Å². The lowest BCUT2D eigenvalue weighted by molar-refractivity contribution is 0.102. The van der Waals surface area contributed by atoms with Gasteiger partial charge in [-0.1, -0.05) is 13.8 Å². The van der Waals surface area contributed by atoms with Gasteiger partial charge in [-0.2, -0.15) is 0 Å². The van der Waals surface area contributed by atoms with Crippen LogP contribution in [0, 0.1) is 6.92 Å². The van der Waals surface area contributed by atoms with Crippen LogP contribution in [0.5, 0.6) is 0 Å². The third-order valence-corrected chi connectivity index (χ3v) is 5.26. The highest BCUT2D eigenvalue weighted by Crippen LogP contribution is 2.28. The van der Waals surface area contributed by atoms with Crippen LogP contribution in [0.4, 0.5) is 11.4 Å². The predicted molar refractivity (Wildman–Crippen MR) is 114 cm³/mol. The Morgan fingerprint density at radius 2 is 1.68 bits per heavy atom. The molecule has 0 bridgehead atoms. The van der Waals surface area contributed by atoms with Crippen molar-refractivity contribution >= 4 is 17.3 Å². The minimum atomic E-state index is -0.379. The minimum absolute atomic E-state index is 0.160. The first-order valence-electron chi connectivity index (χ1n) is 10.2. The van der Waals surface area contributed by atoms with Crippen LogP contribution in [0.3, 0.4) is 0 Å². The van der Waals surface area contributed by atoms with E-state index in [1.165, 1.54) is 18.5 Å². The van der Waals surface area contributed by atoms with Gasteiger partial charge in [-0.05, 0) is 55.7 Å². The Morgan fingerprint density at radius 1 is 1.04 bits per heavy atom. The second-order valence-corrected chi connectivity index (χ2v) is 7.12. The molecular formula is C22H30N4O2. The Balaban J connectivity index is 0.00000109. The lowest BCUT2D eigenvalue weighted by Crippen LogP contribution is -2.47. The Bertz CT molecular complexity index is 848. The highest BCUT2D eigenvalue weighted by molar-refractivity contribution is 6.05. The van der Waals surface area contributed by atoms with Crippen molar-refractivity contribution in [1.82, 2.24) is 9.88 Å². The van der Waals surface area contributed by atoms with E-state index in [1.54, 1.807) is 19.2 Å². The molecule has 1 amide bonds. The minimum Gasteiger partial charge on any atom is -0.369 e. The zero-order valence-corrected chi connectivity index (χ0v) is 17.0. The molecule has 6 nitrogen and oxygen atoms in total. The Kier molecular flexibility index (Phi) is 6.52. The molecule has 0 atom stereocenters. The predicted octanol–water partition coefficient (Wildman–Crippen LogP) is 3.25. The maximum absolute atomic E-state index is 12.4. The molecule has 2 N–H and O–H groups in total. The number of anilines is 2. The van der Waals surface area contributed by atoms with Gasteiger partial charge in [0.25, 0.3) is 11.5 Å². The van der Waals surface area contributed by atoms with Crippen molar-refractivity contribution in [2.45, 2.75) is 39.7 Å². The molecule has 1 aliphatic heterocycles. The van der Waals surface area contributed by atoms with Crippen molar-refractivity contribution in [3.05, 3.63) is 58.0 Å². The summed E-state index contributed by atoms with van der Waals surface area (Å²) in [6, 6.07) is 10.4. The van der Waals surface area contributed by atoms with Crippen LogP contribution in [0.15, 0.2) is 41.3 Å². The highest BCUT2D eigenvalue weighted by Gasteiger charge is 2.31. The van der Waals surface area contributed by atoms with Crippen molar-refractivity contribution in [2.75, 3.05) is 36.4 Å². The standard InChI is InChI=1S/C20H24N4O2.C2H6/c1-14-8-9-21-19(25)18(14)20(26)22-15-2-4-16(5-3-15)23-10-12-24(13-11-23)17-6-7-17;1-2/h2-5,8-9,17H,6-7,10-13H2,1H3,(H,21,25)(H,22,26);1-2H3. The first-order chi connectivity index (χ1) is 13.6. The molecule has 0 unspecified atom stereocenters. The third-order valence-electron chi connectivity index (χ3n) is 5.26. The van der Waals surface area contributed by atoms with Gasteiger partial charge in [-0.25, -0.2) is 0 Å². The number of carbonyl (C=O) groups excluding carboxylic acids is 1. The number of pyridine rings is 1. The first-order valence-corrected chi connectivity index (χ1v) is 10.2. The summed E-state index contributed by atoms with van der Waals surface area (Å²) < 4.78 is 0. The van der Waals surface area contributed by atoms with Gasteiger partial charge in [0.2, 0.25) is 0 Å². The van der Waals surface area contributed by atoms with E-state index in [1.807, 2.05) is 38.1 Å². The number of nitrogens with one attached hydrogen (secondary N) is 2. The van der Waals surface area contributed by atoms with E-state index in [0.717, 1.165) is 32.2 Å². The number of hydrogen-bond acceptors (Lipinski definition) is 4. The van der Waals surface area contributed by atoms with Gasteiger partial charge in [-0.15, -0.1) is 0 Å². The SMILES string of the molecule is CC.Cc1cc[nH]c(=O)c1C(=O)Nc1ccc(N2CCN(C3CC3)CC2)cc1. The molecule has 1 aliphatic carbocycles. The smallest absolute Gasteiger partial charge is 0.261 e. The molecule has 2 fully saturated rings. The number of aryl methyl sites for hydroxylation is 1. The van der Waals surface area contributed by atoms with Gasteiger partial charge in [-0.3, -0.25) is 14.5 Å². The van der Waals surface area contributed by atoms with E-state index in [-0.39, 0.29) is 17.0 Å². The van der Waals surface area contributed by atoms with Crippen LogP contribution >= 0.6 is 0 Å². The van der Waals surface area contributed by atoms with Crippen LogP contribution in [-0.2, 0) is 0 Å². The largest absolute Gasteiger partial charge is 0.369 e. The van der Waals surface area contributed by atoms with Gasteiger partial charge in [0, 0.05) is 49.8 Å². The normalized spacial score (nSPS) is 16.9. The fraction of sp³-hybridized carbons (Fsp3) is 0.455. The topological polar surface area (TPSA) is 68.4 Å². The molecule has 150 valence electrons.